The van der Waals surface area contributed by atoms with E-state index in [0.717, 1.165) is 11.3 Å². The van der Waals surface area contributed by atoms with E-state index >= 15 is 0 Å². The van der Waals surface area contributed by atoms with Crippen LogP contribution in [0, 0.1) is 51.0 Å². The first-order valence-electron chi connectivity index (χ1n) is 6.60. The number of hydrogen-bond acceptors (Lipinski definition) is 3. The molecule has 7 heteroatoms. The molecule has 0 spiro atoms. The van der Waals surface area contributed by atoms with Gasteiger partial charge in [-0.15, -0.1) is 6.54 Å². The second-order valence-electron chi connectivity index (χ2n) is 4.63. The van der Waals surface area contributed by atoms with Crippen molar-refractivity contribution in [2.75, 3.05) is 23.1 Å². The van der Waals surface area contributed by atoms with Crippen LogP contribution in [0.1, 0.15) is 5.56 Å². The van der Waals surface area contributed by atoms with E-state index in [9.17, 15) is 8.42 Å². The molecule has 3 N–H and O–H groups in total. The summed E-state index contributed by atoms with van der Waals surface area (Å²) in [4.78, 5) is 0.228. The van der Waals surface area contributed by atoms with Gasteiger partial charge in [0.25, 0.3) is 10.0 Å². The zero-order valence-electron chi connectivity index (χ0n) is 12.3. The molecule has 0 heterocycles. The summed E-state index contributed by atoms with van der Waals surface area (Å²) in [6.45, 7) is 2.72. The number of nitrogens with one attached hydrogen (secondary N) is 3. The third kappa shape index (κ3) is 5.24. The van der Waals surface area contributed by atoms with Gasteiger partial charge in [0.15, 0.2) is 0 Å². The summed E-state index contributed by atoms with van der Waals surface area (Å²) in [6, 6.07) is 13.6. The van der Waals surface area contributed by atoms with Gasteiger partial charge in [0, 0.05) is 49.7 Å². The molecule has 0 amide bonds. The molecule has 0 aliphatic heterocycles. The van der Waals surface area contributed by atoms with Crippen LogP contribution in [0.25, 0.3) is 5.73 Å². The fourth-order valence-electron chi connectivity index (χ4n) is 1.89. The van der Waals surface area contributed by atoms with E-state index in [1.54, 1.807) is 42.5 Å². The van der Waals surface area contributed by atoms with Crippen LogP contribution in [0.2, 0.25) is 0 Å². The van der Waals surface area contributed by atoms with Gasteiger partial charge in [-0.2, -0.15) is 0 Å². The standard InChI is InChI=1S/C15H18N3O2S.Ac/c1-12-7-8-13(11-15(12)17-10-9-16)18-21(19,20)14-5-3-2-4-6-14;/h2-8,11,16-18H,9-10H2,1H3;/q-1;. The van der Waals surface area contributed by atoms with Crippen LogP contribution in [-0.2, 0) is 10.0 Å². The Morgan fingerprint density at radius 2 is 1.77 bits per heavy atom. The van der Waals surface area contributed by atoms with Crippen molar-refractivity contribution in [3.63, 3.8) is 0 Å². The maximum Gasteiger partial charge on any atom is 0.261 e. The Hall–Kier alpha value is -0.608. The summed E-state index contributed by atoms with van der Waals surface area (Å²) in [5.74, 6) is 0. The van der Waals surface area contributed by atoms with E-state index in [1.807, 2.05) is 13.0 Å². The molecule has 0 bridgehead atoms. The average Bonchev–Trinajstić information content (AvgIpc) is 2.48. The molecule has 0 saturated carbocycles. The van der Waals surface area contributed by atoms with Gasteiger partial charge in [-0.25, -0.2) is 8.42 Å². The van der Waals surface area contributed by atoms with Gasteiger partial charge in [-0.1, -0.05) is 24.3 Å². The Labute approximate surface area is 167 Å². The first-order chi connectivity index (χ1) is 10.0. The Morgan fingerprint density at radius 3 is 2.41 bits per heavy atom. The summed E-state index contributed by atoms with van der Waals surface area (Å²) in [5.41, 5.74) is 9.49. The second kappa shape index (κ2) is 8.88. The fraction of sp³-hybridized carbons (Fsp3) is 0.200. The van der Waals surface area contributed by atoms with Crippen molar-refractivity contribution in [2.24, 2.45) is 0 Å². The molecule has 0 aliphatic carbocycles. The van der Waals surface area contributed by atoms with Gasteiger partial charge in [0.2, 0.25) is 0 Å². The van der Waals surface area contributed by atoms with Gasteiger partial charge in [-0.05, 0) is 43.3 Å². The van der Waals surface area contributed by atoms with Crippen molar-refractivity contribution in [2.45, 2.75) is 11.8 Å². The summed E-state index contributed by atoms with van der Waals surface area (Å²) in [7, 11) is -3.58. The van der Waals surface area contributed by atoms with Gasteiger partial charge in [0.1, 0.15) is 0 Å². The number of hydrogen-bond donors (Lipinski definition) is 2. The van der Waals surface area contributed by atoms with Crippen LogP contribution in [0.3, 0.4) is 0 Å². The normalized spacial score (nSPS) is 10.6. The molecular formula is C15H18AcN3O2S-. The minimum atomic E-state index is -3.58. The maximum atomic E-state index is 12.3. The zero-order chi connectivity index (χ0) is 15.3. The summed E-state index contributed by atoms with van der Waals surface area (Å²) >= 11 is 0. The van der Waals surface area contributed by atoms with Gasteiger partial charge in [-0.3, -0.25) is 4.72 Å². The summed E-state index contributed by atoms with van der Waals surface area (Å²) in [5, 5.41) is 3.11. The third-order valence-corrected chi connectivity index (χ3v) is 4.38. The molecule has 115 valence electrons. The van der Waals surface area contributed by atoms with Crippen LogP contribution >= 0.6 is 0 Å². The Kier molecular flexibility index (Phi) is 7.84. The van der Waals surface area contributed by atoms with Crippen molar-refractivity contribution in [3.05, 3.63) is 59.8 Å². The van der Waals surface area contributed by atoms with Crippen molar-refractivity contribution >= 4 is 21.4 Å². The van der Waals surface area contributed by atoms with Crippen LogP contribution in [0.15, 0.2) is 53.4 Å². The Balaban J connectivity index is 0.00000242. The first kappa shape index (κ1) is 19.4. The van der Waals surface area contributed by atoms with Crippen LogP contribution < -0.4 is 10.0 Å². The molecule has 0 fully saturated rings. The predicted octanol–water partition coefficient (Wildman–Crippen LogP) is 3.26. The molecule has 22 heavy (non-hydrogen) atoms. The number of sulfonamides is 1. The smallest absolute Gasteiger partial charge is 0.261 e. The van der Waals surface area contributed by atoms with Gasteiger partial charge >= 0.3 is 0 Å². The monoisotopic (exact) mass is 531 g/mol. The van der Waals surface area contributed by atoms with Crippen molar-refractivity contribution in [1.82, 2.24) is 0 Å². The molecule has 0 saturated heterocycles. The minimum absolute atomic E-state index is 0. The van der Waals surface area contributed by atoms with Crippen LogP contribution in [-0.4, -0.2) is 21.5 Å². The molecule has 2 aromatic rings. The number of benzene rings is 2. The van der Waals surface area contributed by atoms with E-state index in [-0.39, 0.29) is 55.5 Å². The average molecular weight is 531 g/mol. The van der Waals surface area contributed by atoms with Gasteiger partial charge in [0.05, 0.1) is 10.6 Å². The molecule has 2 aromatic carbocycles. The number of rotatable bonds is 6. The second-order valence-corrected chi connectivity index (χ2v) is 6.31. The van der Waals surface area contributed by atoms with E-state index in [0.29, 0.717) is 12.2 Å². The molecule has 2 rings (SSSR count). The van der Waals surface area contributed by atoms with Crippen molar-refractivity contribution in [3.8, 4) is 0 Å². The SMILES string of the molecule is Cc1ccc(NS(=O)(=O)c2ccccc2)cc1NCC[NH-].[Ac]. The van der Waals surface area contributed by atoms with E-state index in [1.165, 1.54) is 0 Å². The Morgan fingerprint density at radius 1 is 1.09 bits per heavy atom. The van der Waals surface area contributed by atoms with E-state index < -0.39 is 10.0 Å². The number of anilines is 2. The van der Waals surface area contributed by atoms with Gasteiger partial charge < -0.3 is 11.1 Å². The van der Waals surface area contributed by atoms with Crippen molar-refractivity contribution in [1.29, 1.82) is 0 Å². The largest absolute Gasteiger partial charge is 0.676 e. The summed E-state index contributed by atoms with van der Waals surface area (Å²) in [6.07, 6.45) is 0. The topological polar surface area (TPSA) is 82.0 Å². The van der Waals surface area contributed by atoms with Crippen LogP contribution in [0.5, 0.6) is 0 Å². The van der Waals surface area contributed by atoms with Crippen molar-refractivity contribution < 1.29 is 52.5 Å². The summed E-state index contributed by atoms with van der Waals surface area (Å²) < 4.78 is 27.1. The fourth-order valence-corrected chi connectivity index (χ4v) is 2.96. The molecule has 0 unspecified atom stereocenters. The Bertz CT molecular complexity index is 706. The maximum absolute atomic E-state index is 12.3. The molecule has 0 aliphatic rings. The molecule has 1 radical (unpaired) electrons. The number of aryl methyl sites for hydroxylation is 1. The molecular weight excluding hydrogens is 513 g/mol. The third-order valence-electron chi connectivity index (χ3n) is 2.98. The zero-order valence-corrected chi connectivity index (χ0v) is 17.9. The van der Waals surface area contributed by atoms with Crippen LogP contribution in [0.4, 0.5) is 11.4 Å². The molecule has 0 aromatic heterocycles. The predicted molar refractivity (Wildman–Crippen MR) is 86.1 cm³/mol. The minimum Gasteiger partial charge on any atom is -0.676 e. The quantitative estimate of drug-likeness (QED) is 0.601. The van der Waals surface area contributed by atoms with E-state index in [2.05, 4.69) is 10.0 Å². The van der Waals surface area contributed by atoms with E-state index in [4.69, 9.17) is 5.73 Å². The first-order valence-corrected chi connectivity index (χ1v) is 8.08. The molecule has 5 nitrogen and oxygen atoms in total. The molecule has 0 atom stereocenters.